The molecule has 0 bridgehead atoms. The molecule has 1 N–H and O–H groups in total. The Bertz CT molecular complexity index is 844. The highest BCUT2D eigenvalue weighted by Gasteiger charge is 2.40. The summed E-state index contributed by atoms with van der Waals surface area (Å²) in [6, 6.07) is 9.41. The second kappa shape index (κ2) is 8.32. The van der Waals surface area contributed by atoms with Crippen molar-refractivity contribution in [1.82, 2.24) is 9.88 Å². The van der Waals surface area contributed by atoms with Gasteiger partial charge in [0.1, 0.15) is 0 Å². The van der Waals surface area contributed by atoms with Crippen LogP contribution in [0.15, 0.2) is 30.3 Å². The molecule has 2 heterocycles. The van der Waals surface area contributed by atoms with Crippen molar-refractivity contribution in [2.45, 2.75) is 31.4 Å². The second-order valence-corrected chi connectivity index (χ2v) is 7.40. The van der Waals surface area contributed by atoms with Gasteiger partial charge in [0.15, 0.2) is 0 Å². The molecule has 4 rings (SSSR count). The third-order valence-corrected chi connectivity index (χ3v) is 5.85. The van der Waals surface area contributed by atoms with E-state index < -0.39 is 0 Å². The average molecular weight is 385 g/mol. The Labute approximate surface area is 165 Å². The van der Waals surface area contributed by atoms with Crippen molar-refractivity contribution in [2.75, 3.05) is 39.3 Å². The number of ether oxygens (including phenoxy) is 3. The first-order valence-corrected chi connectivity index (χ1v) is 9.82. The molecule has 7 heteroatoms. The lowest BCUT2D eigenvalue weighted by Gasteiger charge is -2.40. The molecule has 1 aromatic carbocycles. The summed E-state index contributed by atoms with van der Waals surface area (Å²) in [5, 5.41) is 4.00. The van der Waals surface area contributed by atoms with Gasteiger partial charge in [0, 0.05) is 36.7 Å². The number of benzene rings is 1. The first-order valence-electron chi connectivity index (χ1n) is 9.82. The minimum absolute atomic E-state index is 0.0487. The SMILES string of the molecule is COc1ccc2cc(NC(=O)N3CCOCC3C3CCCC3OC)ccc2n1. The Morgan fingerprint density at radius 2 is 2.14 bits per heavy atom. The predicted octanol–water partition coefficient (Wildman–Crippen LogP) is 3.29. The summed E-state index contributed by atoms with van der Waals surface area (Å²) in [5.74, 6) is 0.897. The monoisotopic (exact) mass is 385 g/mol. The number of hydrogen-bond donors (Lipinski definition) is 1. The molecular formula is C21H27N3O4. The molecule has 0 radical (unpaired) electrons. The molecule has 3 unspecified atom stereocenters. The van der Waals surface area contributed by atoms with Crippen LogP contribution in [0.4, 0.5) is 10.5 Å². The van der Waals surface area contributed by atoms with Gasteiger partial charge in [0.2, 0.25) is 5.88 Å². The molecule has 0 spiro atoms. The fourth-order valence-corrected chi connectivity index (χ4v) is 4.41. The molecule has 150 valence electrons. The van der Waals surface area contributed by atoms with Gasteiger partial charge in [0.25, 0.3) is 0 Å². The Morgan fingerprint density at radius 3 is 2.96 bits per heavy atom. The molecule has 28 heavy (non-hydrogen) atoms. The van der Waals surface area contributed by atoms with E-state index >= 15 is 0 Å². The second-order valence-electron chi connectivity index (χ2n) is 7.40. The Hall–Kier alpha value is -2.38. The van der Waals surface area contributed by atoms with Crippen molar-refractivity contribution in [3.8, 4) is 5.88 Å². The fraction of sp³-hybridized carbons (Fsp3) is 0.524. The van der Waals surface area contributed by atoms with Crippen LogP contribution < -0.4 is 10.1 Å². The summed E-state index contributed by atoms with van der Waals surface area (Å²) in [5.41, 5.74) is 1.58. The average Bonchev–Trinajstić information content (AvgIpc) is 3.22. The number of hydrogen-bond acceptors (Lipinski definition) is 5. The van der Waals surface area contributed by atoms with Crippen molar-refractivity contribution in [3.63, 3.8) is 0 Å². The number of urea groups is 1. The molecule has 1 aliphatic heterocycles. The summed E-state index contributed by atoms with van der Waals surface area (Å²) < 4.78 is 16.5. The Kier molecular flexibility index (Phi) is 5.64. The van der Waals surface area contributed by atoms with Gasteiger partial charge in [-0.2, -0.15) is 0 Å². The zero-order valence-corrected chi connectivity index (χ0v) is 16.4. The smallest absolute Gasteiger partial charge is 0.322 e. The molecule has 1 aromatic heterocycles. The van der Waals surface area contributed by atoms with Crippen LogP contribution >= 0.6 is 0 Å². The van der Waals surface area contributed by atoms with E-state index in [2.05, 4.69) is 10.3 Å². The number of carbonyl (C=O) groups is 1. The van der Waals surface area contributed by atoms with Gasteiger partial charge < -0.3 is 24.4 Å². The van der Waals surface area contributed by atoms with Gasteiger partial charge in [-0.1, -0.05) is 6.42 Å². The molecule has 3 atom stereocenters. The maximum Gasteiger partial charge on any atom is 0.322 e. The van der Waals surface area contributed by atoms with Crippen LogP contribution in [0.5, 0.6) is 5.88 Å². The maximum atomic E-state index is 13.0. The Balaban J connectivity index is 1.50. The van der Waals surface area contributed by atoms with Crippen molar-refractivity contribution >= 4 is 22.6 Å². The van der Waals surface area contributed by atoms with E-state index in [0.29, 0.717) is 31.6 Å². The van der Waals surface area contributed by atoms with Crippen LogP contribution in [0.2, 0.25) is 0 Å². The molecule has 1 saturated carbocycles. The quantitative estimate of drug-likeness (QED) is 0.874. The van der Waals surface area contributed by atoms with Gasteiger partial charge in [-0.05, 0) is 37.1 Å². The highest BCUT2D eigenvalue weighted by molar-refractivity contribution is 5.93. The van der Waals surface area contributed by atoms with Crippen LogP contribution in [-0.4, -0.2) is 62.0 Å². The summed E-state index contributed by atoms with van der Waals surface area (Å²) in [6.07, 6.45) is 3.45. The molecule has 2 amide bonds. The van der Waals surface area contributed by atoms with E-state index in [9.17, 15) is 4.79 Å². The minimum atomic E-state index is -0.0872. The van der Waals surface area contributed by atoms with Crippen molar-refractivity contribution in [1.29, 1.82) is 0 Å². The van der Waals surface area contributed by atoms with E-state index in [1.54, 1.807) is 14.2 Å². The normalized spacial score (nSPS) is 25.1. The van der Waals surface area contributed by atoms with Gasteiger partial charge in [-0.3, -0.25) is 0 Å². The molecule has 1 saturated heterocycles. The lowest BCUT2D eigenvalue weighted by Crippen LogP contribution is -2.55. The van der Waals surface area contributed by atoms with Gasteiger partial charge in [0.05, 0.1) is 38.0 Å². The number of nitrogens with zero attached hydrogens (tertiary/aromatic N) is 2. The highest BCUT2D eigenvalue weighted by Crippen LogP contribution is 2.34. The summed E-state index contributed by atoms with van der Waals surface area (Å²) in [6.45, 7) is 1.73. The number of amides is 2. The predicted molar refractivity (Wildman–Crippen MR) is 107 cm³/mol. The van der Waals surface area contributed by atoms with Crippen molar-refractivity contribution in [2.24, 2.45) is 5.92 Å². The maximum absolute atomic E-state index is 13.0. The third kappa shape index (κ3) is 3.77. The van der Waals surface area contributed by atoms with Gasteiger partial charge in [-0.15, -0.1) is 0 Å². The van der Waals surface area contributed by atoms with Gasteiger partial charge >= 0.3 is 6.03 Å². The molecule has 2 aliphatic rings. The zero-order chi connectivity index (χ0) is 19.5. The largest absolute Gasteiger partial charge is 0.481 e. The molecule has 2 fully saturated rings. The first-order chi connectivity index (χ1) is 13.7. The molecule has 1 aliphatic carbocycles. The van der Waals surface area contributed by atoms with E-state index in [1.807, 2.05) is 35.2 Å². The fourth-order valence-electron chi connectivity index (χ4n) is 4.41. The number of carbonyl (C=O) groups excluding carboxylic acids is 1. The van der Waals surface area contributed by atoms with E-state index in [4.69, 9.17) is 14.2 Å². The summed E-state index contributed by atoms with van der Waals surface area (Å²) in [4.78, 5) is 19.4. The van der Waals surface area contributed by atoms with Crippen LogP contribution in [0, 0.1) is 5.92 Å². The molecule has 2 aromatic rings. The lowest BCUT2D eigenvalue weighted by atomic mass is 9.94. The zero-order valence-electron chi connectivity index (χ0n) is 16.4. The molecule has 7 nitrogen and oxygen atoms in total. The van der Waals surface area contributed by atoms with Crippen LogP contribution in [0.3, 0.4) is 0 Å². The van der Waals surface area contributed by atoms with Crippen LogP contribution in [0.25, 0.3) is 10.9 Å². The number of aromatic nitrogens is 1. The van der Waals surface area contributed by atoms with E-state index in [-0.39, 0.29) is 18.2 Å². The lowest BCUT2D eigenvalue weighted by molar-refractivity contribution is -0.0379. The number of anilines is 1. The standard InChI is InChI=1S/C21H27N3O4/c1-26-19-5-3-4-16(19)18-13-28-11-10-24(18)21(25)22-15-7-8-17-14(12-15)6-9-20(23-17)27-2/h6-9,12,16,18-19H,3-5,10-11,13H2,1-2H3,(H,22,25). The number of methoxy groups -OCH3 is 2. The number of fused-ring (bicyclic) bond motifs is 1. The number of morpholine rings is 1. The van der Waals surface area contributed by atoms with E-state index in [1.165, 1.54) is 0 Å². The van der Waals surface area contributed by atoms with Crippen molar-refractivity contribution in [3.05, 3.63) is 30.3 Å². The number of pyridine rings is 1. The number of nitrogens with one attached hydrogen (secondary N) is 1. The van der Waals surface area contributed by atoms with Gasteiger partial charge in [-0.25, -0.2) is 9.78 Å². The first kappa shape index (κ1) is 19.0. The molecular weight excluding hydrogens is 358 g/mol. The number of rotatable bonds is 4. The van der Waals surface area contributed by atoms with Crippen LogP contribution in [-0.2, 0) is 9.47 Å². The van der Waals surface area contributed by atoms with E-state index in [0.717, 1.165) is 35.9 Å². The van der Waals surface area contributed by atoms with Crippen molar-refractivity contribution < 1.29 is 19.0 Å². The summed E-state index contributed by atoms with van der Waals surface area (Å²) in [7, 11) is 3.36. The Morgan fingerprint density at radius 1 is 1.25 bits per heavy atom. The summed E-state index contributed by atoms with van der Waals surface area (Å²) >= 11 is 0. The third-order valence-electron chi connectivity index (χ3n) is 5.85. The minimum Gasteiger partial charge on any atom is -0.481 e. The highest BCUT2D eigenvalue weighted by atomic mass is 16.5. The topological polar surface area (TPSA) is 72.9 Å². The van der Waals surface area contributed by atoms with Crippen LogP contribution in [0.1, 0.15) is 19.3 Å².